The van der Waals surface area contributed by atoms with Crippen LogP contribution in [0, 0.1) is 5.92 Å². The number of hydrogen-bond donors (Lipinski definition) is 1. The fourth-order valence-electron chi connectivity index (χ4n) is 1.70. The lowest BCUT2D eigenvalue weighted by Crippen LogP contribution is -2.31. The SMILES string of the molecule is Cl.O=C(c1cccs1)C1CCNCC1. The molecule has 1 aliphatic rings. The van der Waals surface area contributed by atoms with Crippen molar-refractivity contribution in [2.24, 2.45) is 5.92 Å². The van der Waals surface area contributed by atoms with Gasteiger partial charge in [-0.05, 0) is 37.4 Å². The summed E-state index contributed by atoms with van der Waals surface area (Å²) in [5.41, 5.74) is 0. The fraction of sp³-hybridized carbons (Fsp3) is 0.500. The van der Waals surface area contributed by atoms with E-state index >= 15 is 0 Å². The lowest BCUT2D eigenvalue weighted by Gasteiger charge is -2.20. The molecule has 0 spiro atoms. The van der Waals surface area contributed by atoms with Gasteiger partial charge in [-0.15, -0.1) is 23.7 Å². The summed E-state index contributed by atoms with van der Waals surface area (Å²) in [6.07, 6.45) is 1.99. The summed E-state index contributed by atoms with van der Waals surface area (Å²) in [6.45, 7) is 1.98. The van der Waals surface area contributed by atoms with Gasteiger partial charge in [-0.25, -0.2) is 0 Å². The Bertz CT molecular complexity index is 280. The summed E-state index contributed by atoms with van der Waals surface area (Å²) in [4.78, 5) is 12.8. The van der Waals surface area contributed by atoms with Crippen LogP contribution in [0.5, 0.6) is 0 Å². The molecule has 1 fully saturated rings. The predicted octanol–water partition coefficient (Wildman–Crippen LogP) is 2.35. The molecular weight excluding hydrogens is 218 g/mol. The van der Waals surface area contributed by atoms with Gasteiger partial charge in [-0.2, -0.15) is 0 Å². The predicted molar refractivity (Wildman–Crippen MR) is 61.5 cm³/mol. The Morgan fingerprint density at radius 1 is 1.43 bits per heavy atom. The topological polar surface area (TPSA) is 29.1 Å². The molecule has 0 atom stereocenters. The maximum Gasteiger partial charge on any atom is 0.175 e. The number of hydrogen-bond acceptors (Lipinski definition) is 3. The molecule has 1 aromatic rings. The third-order valence-corrected chi connectivity index (χ3v) is 3.36. The first-order chi connectivity index (χ1) is 6.38. The second kappa shape index (κ2) is 5.49. The Labute approximate surface area is 94.1 Å². The number of piperidine rings is 1. The Kier molecular flexibility index (Phi) is 4.58. The first-order valence-electron chi connectivity index (χ1n) is 4.66. The number of halogens is 1. The van der Waals surface area contributed by atoms with Crippen molar-refractivity contribution in [3.05, 3.63) is 22.4 Å². The van der Waals surface area contributed by atoms with Gasteiger partial charge in [0.1, 0.15) is 0 Å². The van der Waals surface area contributed by atoms with Crippen LogP contribution in [0.1, 0.15) is 22.5 Å². The van der Waals surface area contributed by atoms with Crippen molar-refractivity contribution >= 4 is 29.5 Å². The number of carbonyl (C=O) groups excluding carboxylic acids is 1. The van der Waals surface area contributed by atoms with E-state index in [4.69, 9.17) is 0 Å². The maximum absolute atomic E-state index is 11.8. The monoisotopic (exact) mass is 231 g/mol. The second-order valence-electron chi connectivity index (χ2n) is 3.37. The summed E-state index contributed by atoms with van der Waals surface area (Å²) in [5, 5.41) is 5.23. The minimum Gasteiger partial charge on any atom is -0.317 e. The van der Waals surface area contributed by atoms with E-state index in [9.17, 15) is 4.79 Å². The van der Waals surface area contributed by atoms with Crippen molar-refractivity contribution in [1.82, 2.24) is 5.32 Å². The molecule has 1 aliphatic heterocycles. The third kappa shape index (κ3) is 2.56. The van der Waals surface area contributed by atoms with Gasteiger partial charge in [-0.1, -0.05) is 6.07 Å². The van der Waals surface area contributed by atoms with Crippen molar-refractivity contribution in [2.75, 3.05) is 13.1 Å². The number of nitrogens with one attached hydrogen (secondary N) is 1. The molecule has 78 valence electrons. The number of rotatable bonds is 2. The number of thiophene rings is 1. The zero-order valence-electron chi connectivity index (χ0n) is 7.86. The van der Waals surface area contributed by atoms with Crippen LogP contribution < -0.4 is 5.32 Å². The number of ketones is 1. The van der Waals surface area contributed by atoms with Gasteiger partial charge in [0.05, 0.1) is 4.88 Å². The zero-order chi connectivity index (χ0) is 9.10. The molecule has 0 unspecified atom stereocenters. The molecule has 2 rings (SSSR count). The summed E-state index contributed by atoms with van der Waals surface area (Å²) >= 11 is 1.55. The van der Waals surface area contributed by atoms with Gasteiger partial charge in [0.25, 0.3) is 0 Å². The lowest BCUT2D eigenvalue weighted by atomic mass is 9.93. The van der Waals surface area contributed by atoms with E-state index in [0.717, 1.165) is 30.8 Å². The lowest BCUT2D eigenvalue weighted by molar-refractivity contribution is 0.0899. The summed E-state index contributed by atoms with van der Waals surface area (Å²) in [5.74, 6) is 0.608. The molecule has 0 bridgehead atoms. The quantitative estimate of drug-likeness (QED) is 0.792. The van der Waals surface area contributed by atoms with Gasteiger partial charge >= 0.3 is 0 Å². The Morgan fingerprint density at radius 2 is 2.14 bits per heavy atom. The van der Waals surface area contributed by atoms with Crippen molar-refractivity contribution in [2.45, 2.75) is 12.8 Å². The van der Waals surface area contributed by atoms with Crippen LogP contribution >= 0.6 is 23.7 Å². The van der Waals surface area contributed by atoms with Crippen LogP contribution in [0.3, 0.4) is 0 Å². The molecule has 0 aliphatic carbocycles. The van der Waals surface area contributed by atoms with Gasteiger partial charge in [0.2, 0.25) is 0 Å². The smallest absolute Gasteiger partial charge is 0.175 e. The van der Waals surface area contributed by atoms with Gasteiger partial charge in [0, 0.05) is 5.92 Å². The fourth-order valence-corrected chi connectivity index (χ4v) is 2.45. The van der Waals surface area contributed by atoms with Gasteiger partial charge < -0.3 is 5.32 Å². The molecule has 0 saturated carbocycles. The van der Waals surface area contributed by atoms with Crippen molar-refractivity contribution in [3.8, 4) is 0 Å². The zero-order valence-corrected chi connectivity index (χ0v) is 9.50. The normalized spacial score (nSPS) is 17.4. The van der Waals surface area contributed by atoms with Crippen LogP contribution in [0.15, 0.2) is 17.5 Å². The van der Waals surface area contributed by atoms with Gasteiger partial charge in [0.15, 0.2) is 5.78 Å². The van der Waals surface area contributed by atoms with Crippen LogP contribution in [-0.4, -0.2) is 18.9 Å². The van der Waals surface area contributed by atoms with E-state index in [1.54, 1.807) is 11.3 Å². The van der Waals surface area contributed by atoms with Crippen molar-refractivity contribution in [1.29, 1.82) is 0 Å². The maximum atomic E-state index is 11.8. The first-order valence-corrected chi connectivity index (χ1v) is 5.54. The van der Waals surface area contributed by atoms with Crippen LogP contribution in [0.2, 0.25) is 0 Å². The minimum atomic E-state index is 0. The molecule has 1 saturated heterocycles. The molecule has 1 aromatic heterocycles. The highest BCUT2D eigenvalue weighted by atomic mass is 35.5. The van der Waals surface area contributed by atoms with Crippen LogP contribution in [-0.2, 0) is 0 Å². The Balaban J connectivity index is 0.000000980. The molecule has 0 radical (unpaired) electrons. The van der Waals surface area contributed by atoms with E-state index in [-0.39, 0.29) is 18.3 Å². The van der Waals surface area contributed by atoms with Gasteiger partial charge in [-0.3, -0.25) is 4.79 Å². The van der Waals surface area contributed by atoms with Crippen molar-refractivity contribution in [3.63, 3.8) is 0 Å². The molecule has 0 amide bonds. The largest absolute Gasteiger partial charge is 0.317 e. The molecule has 4 heteroatoms. The average molecular weight is 232 g/mol. The van der Waals surface area contributed by atoms with Crippen molar-refractivity contribution < 1.29 is 4.79 Å². The molecule has 0 aromatic carbocycles. The highest BCUT2D eigenvalue weighted by Gasteiger charge is 2.22. The highest BCUT2D eigenvalue weighted by molar-refractivity contribution is 7.12. The third-order valence-electron chi connectivity index (χ3n) is 2.47. The number of carbonyl (C=O) groups is 1. The van der Waals surface area contributed by atoms with E-state index in [2.05, 4.69) is 5.32 Å². The van der Waals surface area contributed by atoms with Crippen LogP contribution in [0.4, 0.5) is 0 Å². The standard InChI is InChI=1S/C10H13NOS.ClH/c12-10(9-2-1-7-13-9)8-3-5-11-6-4-8;/h1-2,7-8,11H,3-6H2;1H. The van der Waals surface area contributed by atoms with E-state index in [1.165, 1.54) is 0 Å². The first kappa shape index (κ1) is 11.7. The summed E-state index contributed by atoms with van der Waals surface area (Å²) in [6, 6.07) is 3.87. The number of Topliss-reactive ketones (excluding diaryl/α,β-unsaturated/α-hetero) is 1. The molecule has 1 N–H and O–H groups in total. The highest BCUT2D eigenvalue weighted by Crippen LogP contribution is 2.20. The Morgan fingerprint density at radius 3 is 2.71 bits per heavy atom. The molecule has 14 heavy (non-hydrogen) atoms. The molecule has 2 heterocycles. The minimum absolute atomic E-state index is 0. The van der Waals surface area contributed by atoms with E-state index in [1.807, 2.05) is 17.5 Å². The Hall–Kier alpha value is -0.380. The van der Waals surface area contributed by atoms with E-state index < -0.39 is 0 Å². The summed E-state index contributed by atoms with van der Waals surface area (Å²) in [7, 11) is 0. The van der Waals surface area contributed by atoms with Crippen LogP contribution in [0.25, 0.3) is 0 Å². The average Bonchev–Trinajstić information content (AvgIpc) is 2.71. The van der Waals surface area contributed by atoms with E-state index in [0.29, 0.717) is 5.78 Å². The molecule has 2 nitrogen and oxygen atoms in total. The summed E-state index contributed by atoms with van der Waals surface area (Å²) < 4.78 is 0. The second-order valence-corrected chi connectivity index (χ2v) is 4.31. The molecular formula is C10H14ClNOS.